The number of nitrogens with two attached hydrogens (primary N) is 1. The van der Waals surface area contributed by atoms with Crippen LogP contribution in [0.1, 0.15) is 6.23 Å². The third-order valence-electron chi connectivity index (χ3n) is 3.24. The van der Waals surface area contributed by atoms with Crippen molar-refractivity contribution in [3.8, 4) is 0 Å². The van der Waals surface area contributed by atoms with E-state index in [1.165, 1.54) is 10.9 Å². The Morgan fingerprint density at radius 2 is 2.35 bits per heavy atom. The maximum Gasteiger partial charge on any atom is 0.280 e. The van der Waals surface area contributed by atoms with Crippen molar-refractivity contribution >= 4 is 29.7 Å². The number of aromatic nitrogens is 4. The molecule has 2 aromatic rings. The zero-order valence-corrected chi connectivity index (χ0v) is 11.1. The Labute approximate surface area is 117 Å². The van der Waals surface area contributed by atoms with Gasteiger partial charge in [-0.15, -0.1) is 0 Å². The van der Waals surface area contributed by atoms with Gasteiger partial charge < -0.3 is 20.7 Å². The molecule has 0 aromatic carbocycles. The molecule has 4 atom stereocenters. The molecule has 0 spiro atoms. The van der Waals surface area contributed by atoms with Gasteiger partial charge in [-0.05, 0) is 0 Å². The molecule has 0 saturated carbocycles. The van der Waals surface area contributed by atoms with Crippen molar-refractivity contribution in [1.82, 2.24) is 19.5 Å². The summed E-state index contributed by atoms with van der Waals surface area (Å²) in [6.07, 6.45) is -1.03. The van der Waals surface area contributed by atoms with Crippen LogP contribution in [0.3, 0.4) is 0 Å². The number of nitrogens with zero attached hydrogens (tertiary/aromatic N) is 3. The van der Waals surface area contributed by atoms with Crippen molar-refractivity contribution in [1.29, 1.82) is 0 Å². The Kier molecular flexibility index (Phi) is 3.17. The number of aliphatic hydroxyl groups is 2. The van der Waals surface area contributed by atoms with Crippen LogP contribution < -0.4 is 11.3 Å². The van der Waals surface area contributed by atoms with Gasteiger partial charge in [0.15, 0.2) is 17.4 Å². The molecule has 9 nitrogen and oxygen atoms in total. The summed E-state index contributed by atoms with van der Waals surface area (Å²) in [5.41, 5.74) is 5.40. The Hall–Kier alpha value is -1.62. The Morgan fingerprint density at radius 1 is 1.60 bits per heavy atom. The monoisotopic (exact) mass is 299 g/mol. The third kappa shape index (κ3) is 1.88. The number of nitrogen functional groups attached to an aromatic ring is 1. The second-order valence-electron chi connectivity index (χ2n) is 4.50. The van der Waals surface area contributed by atoms with Crippen LogP contribution in [0, 0.1) is 0 Å². The van der Waals surface area contributed by atoms with Crippen molar-refractivity contribution < 1.29 is 14.9 Å². The molecule has 1 aliphatic heterocycles. The maximum atomic E-state index is 11.7. The second-order valence-corrected chi connectivity index (χ2v) is 5.10. The molecule has 1 fully saturated rings. The van der Waals surface area contributed by atoms with Gasteiger partial charge in [-0.25, -0.2) is 4.98 Å². The lowest BCUT2D eigenvalue weighted by molar-refractivity contribution is -0.0430. The Morgan fingerprint density at radius 3 is 3.00 bits per heavy atom. The summed E-state index contributed by atoms with van der Waals surface area (Å²) >= 11 is 4.28. The lowest BCUT2D eigenvalue weighted by Gasteiger charge is -2.16. The van der Waals surface area contributed by atoms with E-state index in [0.717, 1.165) is 0 Å². The molecule has 108 valence electrons. The zero-order valence-electron chi connectivity index (χ0n) is 10.2. The van der Waals surface area contributed by atoms with E-state index in [9.17, 15) is 9.90 Å². The fourth-order valence-electron chi connectivity index (χ4n) is 2.24. The van der Waals surface area contributed by atoms with E-state index in [2.05, 4.69) is 27.6 Å². The van der Waals surface area contributed by atoms with Crippen LogP contribution in [0.4, 0.5) is 5.95 Å². The minimum absolute atomic E-state index is 0.0442. The number of ether oxygens (including phenoxy) is 1. The maximum absolute atomic E-state index is 11.7. The van der Waals surface area contributed by atoms with Crippen LogP contribution in [0.25, 0.3) is 11.2 Å². The van der Waals surface area contributed by atoms with Crippen molar-refractivity contribution in [2.45, 2.75) is 23.7 Å². The molecule has 1 aliphatic rings. The highest BCUT2D eigenvalue weighted by Crippen LogP contribution is 2.34. The summed E-state index contributed by atoms with van der Waals surface area (Å²) in [7, 11) is 0. The van der Waals surface area contributed by atoms with Crippen molar-refractivity contribution in [3.05, 3.63) is 16.7 Å². The quantitative estimate of drug-likeness (QED) is 0.414. The van der Waals surface area contributed by atoms with Crippen LogP contribution in [0.15, 0.2) is 11.1 Å². The normalized spacial score (nSPS) is 30.1. The number of hydrogen-bond donors (Lipinski definition) is 5. The van der Waals surface area contributed by atoms with Crippen LogP contribution >= 0.6 is 12.6 Å². The van der Waals surface area contributed by atoms with Crippen LogP contribution in [0.5, 0.6) is 0 Å². The van der Waals surface area contributed by atoms with E-state index in [1.54, 1.807) is 0 Å². The molecule has 0 aliphatic carbocycles. The number of rotatable bonds is 2. The highest BCUT2D eigenvalue weighted by atomic mass is 32.1. The number of imidazole rings is 1. The van der Waals surface area contributed by atoms with Gasteiger partial charge in [-0.2, -0.15) is 17.6 Å². The summed E-state index contributed by atoms with van der Waals surface area (Å²) in [6.45, 7) is -0.336. The molecule has 20 heavy (non-hydrogen) atoms. The molecule has 0 radical (unpaired) electrons. The van der Waals surface area contributed by atoms with E-state index in [0.29, 0.717) is 0 Å². The summed E-state index contributed by atoms with van der Waals surface area (Å²) in [5, 5.41) is 18.4. The van der Waals surface area contributed by atoms with E-state index in [4.69, 9.17) is 15.6 Å². The molecular weight excluding hydrogens is 286 g/mol. The smallest absolute Gasteiger partial charge is 0.280 e. The summed E-state index contributed by atoms with van der Waals surface area (Å²) in [6, 6.07) is 0. The molecule has 3 rings (SSSR count). The van der Waals surface area contributed by atoms with Crippen molar-refractivity contribution in [2.24, 2.45) is 0 Å². The van der Waals surface area contributed by atoms with Crippen LogP contribution in [-0.4, -0.2) is 53.8 Å². The SMILES string of the molecule is Nc1nc2c(ncn2[C@@H]2O[C@H](CO)[C@@H](O)[C@H]2S)c(=O)[nH]1. The van der Waals surface area contributed by atoms with Crippen LogP contribution in [0.2, 0.25) is 0 Å². The minimum atomic E-state index is -0.940. The molecule has 3 heterocycles. The number of hydrogen-bond acceptors (Lipinski definition) is 8. The number of thiol groups is 1. The number of anilines is 1. The van der Waals surface area contributed by atoms with Gasteiger partial charge >= 0.3 is 0 Å². The summed E-state index contributed by atoms with van der Waals surface area (Å²) in [4.78, 5) is 22.0. The van der Waals surface area contributed by atoms with Crippen molar-refractivity contribution in [2.75, 3.05) is 12.3 Å². The molecule has 10 heteroatoms. The first-order chi connectivity index (χ1) is 9.52. The van der Waals surface area contributed by atoms with Gasteiger partial charge in [0, 0.05) is 0 Å². The molecule has 0 bridgehead atoms. The van der Waals surface area contributed by atoms with Crippen LogP contribution in [-0.2, 0) is 4.74 Å². The number of aromatic amines is 1. The minimum Gasteiger partial charge on any atom is -0.394 e. The molecule has 0 unspecified atom stereocenters. The highest BCUT2D eigenvalue weighted by Gasteiger charge is 2.43. The molecule has 2 aromatic heterocycles. The first-order valence-electron chi connectivity index (χ1n) is 5.87. The molecule has 1 saturated heterocycles. The van der Waals surface area contributed by atoms with E-state index < -0.39 is 29.2 Å². The predicted octanol–water partition coefficient (Wildman–Crippen LogP) is -1.75. The van der Waals surface area contributed by atoms with Gasteiger partial charge in [0.25, 0.3) is 5.56 Å². The lowest BCUT2D eigenvalue weighted by atomic mass is 10.2. The van der Waals surface area contributed by atoms with E-state index >= 15 is 0 Å². The number of fused-ring (bicyclic) bond motifs is 1. The Balaban J connectivity index is 2.09. The topological polar surface area (TPSA) is 139 Å². The zero-order chi connectivity index (χ0) is 14.4. The molecule has 0 amide bonds. The predicted molar refractivity (Wildman–Crippen MR) is 72.3 cm³/mol. The second kappa shape index (κ2) is 4.74. The fourth-order valence-corrected chi connectivity index (χ4v) is 2.65. The Bertz CT molecular complexity index is 701. The van der Waals surface area contributed by atoms with Gasteiger partial charge in [-0.3, -0.25) is 14.3 Å². The van der Waals surface area contributed by atoms with Crippen molar-refractivity contribution in [3.63, 3.8) is 0 Å². The number of nitrogens with one attached hydrogen (secondary N) is 1. The van der Waals surface area contributed by atoms with Gasteiger partial charge in [0.2, 0.25) is 5.95 Å². The third-order valence-corrected chi connectivity index (χ3v) is 3.80. The average Bonchev–Trinajstić information content (AvgIpc) is 2.93. The first kappa shape index (κ1) is 13.4. The largest absolute Gasteiger partial charge is 0.394 e. The lowest BCUT2D eigenvalue weighted by Crippen LogP contribution is -2.30. The number of aliphatic hydroxyl groups excluding tert-OH is 2. The standard InChI is InChI=1S/C10H13N5O4S/c11-10-13-7-4(8(18)14-10)12-2-15(7)9-6(20)5(17)3(1-16)19-9/h2-3,5-6,9,16-17,20H,1H2,(H3,11,13,14,18)/t3-,5-,6-,9-/m1/s1. The fraction of sp³-hybridized carbons (Fsp3) is 0.500. The van der Waals surface area contributed by atoms with Gasteiger partial charge in [0.05, 0.1) is 24.3 Å². The van der Waals surface area contributed by atoms with Gasteiger partial charge in [0.1, 0.15) is 6.10 Å². The average molecular weight is 299 g/mol. The molecule has 5 N–H and O–H groups in total. The highest BCUT2D eigenvalue weighted by molar-refractivity contribution is 7.81. The number of H-pyrrole nitrogens is 1. The summed E-state index contributed by atoms with van der Waals surface area (Å²) in [5.74, 6) is -0.0442. The van der Waals surface area contributed by atoms with Gasteiger partial charge in [-0.1, -0.05) is 0 Å². The first-order valence-corrected chi connectivity index (χ1v) is 6.39. The summed E-state index contributed by atoms with van der Waals surface area (Å²) < 4.78 is 6.99. The van der Waals surface area contributed by atoms with E-state index in [-0.39, 0.29) is 23.7 Å². The molecular formula is C10H13N5O4S. The van der Waals surface area contributed by atoms with E-state index in [1.807, 2.05) is 0 Å².